The molecule has 0 aromatic heterocycles. The number of amides is 1. The minimum Gasteiger partial charge on any atom is -0.490 e. The first kappa shape index (κ1) is 15.8. The third-order valence-electron chi connectivity index (χ3n) is 3.96. The lowest BCUT2D eigenvalue weighted by Gasteiger charge is -2.27. The van der Waals surface area contributed by atoms with Crippen LogP contribution in [0.4, 0.5) is 0 Å². The smallest absolute Gasteiger partial charge is 0.222 e. The van der Waals surface area contributed by atoms with Crippen molar-refractivity contribution < 1.29 is 14.6 Å². The lowest BCUT2D eigenvalue weighted by atomic mass is 9.96. The highest BCUT2D eigenvalue weighted by molar-refractivity contribution is 5.76. The summed E-state index contributed by atoms with van der Waals surface area (Å²) in [7, 11) is 0. The van der Waals surface area contributed by atoms with Crippen LogP contribution in [0.1, 0.15) is 45.1 Å². The first-order valence-corrected chi connectivity index (χ1v) is 7.75. The van der Waals surface area contributed by atoms with Crippen molar-refractivity contribution in [3.63, 3.8) is 0 Å². The average molecular weight is 291 g/mol. The van der Waals surface area contributed by atoms with Crippen LogP contribution in [0, 0.1) is 5.92 Å². The number of benzene rings is 1. The number of ether oxygens (including phenoxy) is 1. The van der Waals surface area contributed by atoms with Gasteiger partial charge in [-0.3, -0.25) is 4.79 Å². The number of para-hydroxylation sites is 1. The topological polar surface area (TPSA) is 58.6 Å². The van der Waals surface area contributed by atoms with E-state index >= 15 is 0 Å². The standard InChI is InChI=1S/C17H25NO3/c1-12(2)15(19)10-17(20)18-11-13-6-3-4-9-16(13)21-14-7-5-8-14/h3-4,6,9,12,14-15,19H,5,7-8,10-11H2,1-2H3,(H,18,20). The molecule has 1 fully saturated rings. The van der Waals surface area contributed by atoms with Gasteiger partial charge >= 0.3 is 0 Å². The molecule has 1 aliphatic carbocycles. The highest BCUT2D eigenvalue weighted by Crippen LogP contribution is 2.27. The van der Waals surface area contributed by atoms with Gasteiger partial charge in [-0.1, -0.05) is 32.0 Å². The fourth-order valence-corrected chi connectivity index (χ4v) is 2.12. The SMILES string of the molecule is CC(C)C(O)CC(=O)NCc1ccccc1OC1CCC1. The minimum atomic E-state index is -0.591. The largest absolute Gasteiger partial charge is 0.490 e. The van der Waals surface area contributed by atoms with Crippen LogP contribution < -0.4 is 10.1 Å². The van der Waals surface area contributed by atoms with E-state index in [2.05, 4.69) is 5.32 Å². The summed E-state index contributed by atoms with van der Waals surface area (Å²) in [5.41, 5.74) is 0.983. The maximum Gasteiger partial charge on any atom is 0.222 e. The molecule has 0 bridgehead atoms. The number of hydrogen-bond acceptors (Lipinski definition) is 3. The molecule has 1 atom stereocenters. The second-order valence-electron chi connectivity index (χ2n) is 6.07. The summed E-state index contributed by atoms with van der Waals surface area (Å²) in [5, 5.41) is 12.6. The van der Waals surface area contributed by atoms with Crippen LogP contribution in [-0.2, 0) is 11.3 Å². The summed E-state index contributed by atoms with van der Waals surface area (Å²) in [6.07, 6.45) is 3.33. The van der Waals surface area contributed by atoms with Crippen LogP contribution in [0.2, 0.25) is 0 Å². The molecule has 0 radical (unpaired) electrons. The average Bonchev–Trinajstić information content (AvgIpc) is 2.41. The predicted octanol–water partition coefficient (Wildman–Crippen LogP) is 2.64. The van der Waals surface area contributed by atoms with Gasteiger partial charge in [0, 0.05) is 12.1 Å². The number of nitrogens with one attached hydrogen (secondary N) is 1. The fraction of sp³-hybridized carbons (Fsp3) is 0.588. The molecule has 2 rings (SSSR count). The highest BCUT2D eigenvalue weighted by atomic mass is 16.5. The molecule has 1 saturated carbocycles. The van der Waals surface area contributed by atoms with E-state index in [1.165, 1.54) is 6.42 Å². The van der Waals surface area contributed by atoms with E-state index in [9.17, 15) is 9.90 Å². The lowest BCUT2D eigenvalue weighted by molar-refractivity contribution is -0.123. The number of hydrogen-bond donors (Lipinski definition) is 2. The fourth-order valence-electron chi connectivity index (χ4n) is 2.12. The first-order valence-electron chi connectivity index (χ1n) is 7.75. The molecule has 1 aliphatic rings. The molecule has 1 amide bonds. The molecule has 116 valence electrons. The second kappa shape index (κ2) is 7.46. The van der Waals surface area contributed by atoms with Crippen molar-refractivity contribution in [1.29, 1.82) is 0 Å². The molecule has 21 heavy (non-hydrogen) atoms. The number of aliphatic hydroxyl groups is 1. The van der Waals surface area contributed by atoms with Crippen molar-refractivity contribution in [2.45, 2.75) is 58.3 Å². The Balaban J connectivity index is 1.86. The molecule has 0 spiro atoms. The normalized spacial score (nSPS) is 16.4. The molecule has 4 heteroatoms. The molecule has 1 aromatic rings. The number of aliphatic hydroxyl groups excluding tert-OH is 1. The van der Waals surface area contributed by atoms with Crippen LogP contribution in [0.3, 0.4) is 0 Å². The Kier molecular flexibility index (Phi) is 5.62. The zero-order chi connectivity index (χ0) is 15.2. The second-order valence-corrected chi connectivity index (χ2v) is 6.07. The van der Waals surface area contributed by atoms with Crippen molar-refractivity contribution >= 4 is 5.91 Å². The van der Waals surface area contributed by atoms with Crippen molar-refractivity contribution in [1.82, 2.24) is 5.32 Å². The summed E-state index contributed by atoms with van der Waals surface area (Å²) in [6, 6.07) is 7.80. The Morgan fingerprint density at radius 2 is 2.10 bits per heavy atom. The summed E-state index contributed by atoms with van der Waals surface area (Å²) in [6.45, 7) is 4.24. The van der Waals surface area contributed by atoms with Crippen molar-refractivity contribution in [2.75, 3.05) is 0 Å². The summed E-state index contributed by atoms with van der Waals surface area (Å²) in [5.74, 6) is 0.812. The van der Waals surface area contributed by atoms with Crippen LogP contribution in [-0.4, -0.2) is 23.2 Å². The summed E-state index contributed by atoms with van der Waals surface area (Å²) < 4.78 is 5.93. The van der Waals surface area contributed by atoms with Crippen LogP contribution in [0.15, 0.2) is 24.3 Å². The van der Waals surface area contributed by atoms with Gasteiger partial charge < -0.3 is 15.2 Å². The van der Waals surface area contributed by atoms with Gasteiger partial charge in [0.05, 0.1) is 18.6 Å². The molecule has 2 N–H and O–H groups in total. The van der Waals surface area contributed by atoms with E-state index in [0.717, 1.165) is 24.2 Å². The van der Waals surface area contributed by atoms with E-state index in [1.807, 2.05) is 38.1 Å². The van der Waals surface area contributed by atoms with Gasteiger partial charge in [0.25, 0.3) is 0 Å². The molecular weight excluding hydrogens is 266 g/mol. The lowest BCUT2D eigenvalue weighted by Crippen LogP contribution is -2.30. The van der Waals surface area contributed by atoms with Gasteiger partial charge in [-0.2, -0.15) is 0 Å². The van der Waals surface area contributed by atoms with Gasteiger partial charge in [-0.15, -0.1) is 0 Å². The number of rotatable bonds is 7. The quantitative estimate of drug-likeness (QED) is 0.812. The minimum absolute atomic E-state index is 0.0880. The van der Waals surface area contributed by atoms with E-state index < -0.39 is 6.10 Å². The Morgan fingerprint density at radius 1 is 1.38 bits per heavy atom. The monoisotopic (exact) mass is 291 g/mol. The summed E-state index contributed by atoms with van der Waals surface area (Å²) >= 11 is 0. The molecule has 1 aromatic carbocycles. The Labute approximate surface area is 126 Å². The Morgan fingerprint density at radius 3 is 2.71 bits per heavy atom. The van der Waals surface area contributed by atoms with Gasteiger partial charge in [-0.05, 0) is 31.2 Å². The van der Waals surface area contributed by atoms with Gasteiger partial charge in [0.1, 0.15) is 5.75 Å². The first-order chi connectivity index (χ1) is 10.1. The molecule has 4 nitrogen and oxygen atoms in total. The third kappa shape index (κ3) is 4.74. The van der Waals surface area contributed by atoms with E-state index in [1.54, 1.807) is 0 Å². The molecule has 0 heterocycles. The predicted molar refractivity (Wildman–Crippen MR) is 82.0 cm³/mol. The number of carbonyl (C=O) groups is 1. The number of carbonyl (C=O) groups excluding carboxylic acids is 1. The van der Waals surface area contributed by atoms with Crippen LogP contribution >= 0.6 is 0 Å². The van der Waals surface area contributed by atoms with Crippen molar-refractivity contribution in [2.24, 2.45) is 5.92 Å². The van der Waals surface area contributed by atoms with Gasteiger partial charge in [0.15, 0.2) is 0 Å². The van der Waals surface area contributed by atoms with E-state index in [0.29, 0.717) is 12.6 Å². The molecular formula is C17H25NO3. The van der Waals surface area contributed by atoms with E-state index in [-0.39, 0.29) is 18.2 Å². The van der Waals surface area contributed by atoms with Gasteiger partial charge in [0.2, 0.25) is 5.91 Å². The summed E-state index contributed by atoms with van der Waals surface area (Å²) in [4.78, 5) is 11.8. The Hall–Kier alpha value is -1.55. The zero-order valence-electron chi connectivity index (χ0n) is 12.8. The Bertz CT molecular complexity index is 469. The van der Waals surface area contributed by atoms with Gasteiger partial charge in [-0.25, -0.2) is 0 Å². The zero-order valence-corrected chi connectivity index (χ0v) is 12.8. The highest BCUT2D eigenvalue weighted by Gasteiger charge is 2.20. The van der Waals surface area contributed by atoms with Crippen LogP contribution in [0.5, 0.6) is 5.75 Å². The van der Waals surface area contributed by atoms with E-state index in [4.69, 9.17) is 4.74 Å². The van der Waals surface area contributed by atoms with Crippen LogP contribution in [0.25, 0.3) is 0 Å². The molecule has 0 saturated heterocycles. The molecule has 1 unspecified atom stereocenters. The third-order valence-corrected chi connectivity index (χ3v) is 3.96. The molecule has 0 aliphatic heterocycles. The maximum atomic E-state index is 11.8. The van der Waals surface area contributed by atoms with Crippen molar-refractivity contribution in [3.8, 4) is 5.75 Å². The maximum absolute atomic E-state index is 11.8. The van der Waals surface area contributed by atoms with Crippen molar-refractivity contribution in [3.05, 3.63) is 29.8 Å².